The van der Waals surface area contributed by atoms with Gasteiger partial charge < -0.3 is 5.32 Å². The van der Waals surface area contributed by atoms with E-state index in [0.717, 1.165) is 0 Å². The summed E-state index contributed by atoms with van der Waals surface area (Å²) in [6, 6.07) is 5.95. The summed E-state index contributed by atoms with van der Waals surface area (Å²) in [5.74, 6) is 1.88. The summed E-state index contributed by atoms with van der Waals surface area (Å²) >= 11 is 1.30. The lowest BCUT2D eigenvalue weighted by Crippen LogP contribution is -2.31. The molecule has 0 spiro atoms. The van der Waals surface area contributed by atoms with E-state index in [1.54, 1.807) is 29.9 Å². The molecule has 3 aromatic rings. The van der Waals surface area contributed by atoms with Gasteiger partial charge >= 0.3 is 0 Å². The van der Waals surface area contributed by atoms with Crippen LogP contribution in [0.1, 0.15) is 6.92 Å². The Morgan fingerprint density at radius 1 is 1.40 bits per heavy atom. The number of aromatic nitrogens is 4. The van der Waals surface area contributed by atoms with Crippen molar-refractivity contribution in [1.82, 2.24) is 25.1 Å². The van der Waals surface area contributed by atoms with Crippen LogP contribution in [-0.4, -0.2) is 37.5 Å². The maximum Gasteiger partial charge on any atom is 0.234 e. The van der Waals surface area contributed by atoms with Crippen LogP contribution in [-0.2, 0) is 4.79 Å². The summed E-state index contributed by atoms with van der Waals surface area (Å²) in [7, 11) is 0. The number of carbonyl (C=O) groups excluding carboxylic acids is 1. The fourth-order valence-corrected chi connectivity index (χ4v) is 3.09. The van der Waals surface area contributed by atoms with Gasteiger partial charge in [0.05, 0.1) is 29.1 Å². The van der Waals surface area contributed by atoms with Gasteiger partial charge in [-0.05, 0) is 31.2 Å². The smallest absolute Gasteiger partial charge is 0.234 e. The Morgan fingerprint density at radius 3 is 2.88 bits per heavy atom. The van der Waals surface area contributed by atoms with Crippen molar-refractivity contribution < 1.29 is 9.18 Å². The van der Waals surface area contributed by atoms with E-state index >= 15 is 0 Å². The highest BCUT2D eigenvalue weighted by atomic mass is 32.2. The second-order valence-electron chi connectivity index (χ2n) is 5.13. The summed E-state index contributed by atoms with van der Waals surface area (Å²) < 4.78 is 14.7. The minimum absolute atomic E-state index is 0.166. The second kappa shape index (κ2) is 7.32. The molecule has 3 rings (SSSR count). The van der Waals surface area contributed by atoms with Gasteiger partial charge in [-0.15, -0.1) is 6.42 Å². The van der Waals surface area contributed by atoms with Crippen molar-refractivity contribution in [3.8, 4) is 18.0 Å². The molecular formula is C17H14FN5OS. The van der Waals surface area contributed by atoms with Gasteiger partial charge in [-0.1, -0.05) is 17.7 Å². The SMILES string of the molecule is C#CCNC(=O)C(C)Sc1ncnc2c1cnn2-c1ccc(F)cc1. The molecule has 0 aliphatic heterocycles. The number of terminal acetylenes is 1. The van der Waals surface area contributed by atoms with E-state index in [4.69, 9.17) is 6.42 Å². The van der Waals surface area contributed by atoms with E-state index in [1.807, 2.05) is 0 Å². The maximum atomic E-state index is 13.1. The summed E-state index contributed by atoms with van der Waals surface area (Å²) in [4.78, 5) is 20.5. The minimum Gasteiger partial charge on any atom is -0.344 e. The summed E-state index contributed by atoms with van der Waals surface area (Å²) in [5.41, 5.74) is 1.27. The van der Waals surface area contributed by atoms with Crippen LogP contribution in [0.5, 0.6) is 0 Å². The molecule has 25 heavy (non-hydrogen) atoms. The van der Waals surface area contributed by atoms with Crippen LogP contribution in [0.25, 0.3) is 16.7 Å². The van der Waals surface area contributed by atoms with Gasteiger partial charge in [-0.25, -0.2) is 19.0 Å². The third-order valence-electron chi connectivity index (χ3n) is 3.42. The number of fused-ring (bicyclic) bond motifs is 1. The molecule has 0 radical (unpaired) electrons. The number of carbonyl (C=O) groups is 1. The first-order valence-electron chi connectivity index (χ1n) is 7.42. The molecule has 1 amide bonds. The quantitative estimate of drug-likeness (QED) is 0.431. The molecule has 0 saturated carbocycles. The van der Waals surface area contributed by atoms with E-state index in [9.17, 15) is 9.18 Å². The van der Waals surface area contributed by atoms with Crippen LogP contribution >= 0.6 is 11.8 Å². The summed E-state index contributed by atoms with van der Waals surface area (Å²) in [6.45, 7) is 1.96. The second-order valence-corrected chi connectivity index (χ2v) is 6.46. The van der Waals surface area contributed by atoms with Gasteiger partial charge in [-0.2, -0.15) is 5.10 Å². The third kappa shape index (κ3) is 3.61. The number of halogens is 1. The van der Waals surface area contributed by atoms with Crippen LogP contribution in [0, 0.1) is 18.2 Å². The van der Waals surface area contributed by atoms with Crippen molar-refractivity contribution in [2.45, 2.75) is 17.2 Å². The van der Waals surface area contributed by atoms with Gasteiger partial charge in [0.2, 0.25) is 5.91 Å². The molecule has 1 aromatic carbocycles. The van der Waals surface area contributed by atoms with E-state index in [-0.39, 0.29) is 23.5 Å². The fourth-order valence-electron chi connectivity index (χ4n) is 2.19. The molecule has 1 unspecified atom stereocenters. The average Bonchev–Trinajstić information content (AvgIpc) is 3.05. The van der Waals surface area contributed by atoms with Crippen molar-refractivity contribution in [3.63, 3.8) is 0 Å². The molecule has 8 heteroatoms. The Hall–Kier alpha value is -2.92. The Morgan fingerprint density at radius 2 is 2.16 bits per heavy atom. The number of rotatable bonds is 5. The van der Waals surface area contributed by atoms with Crippen molar-refractivity contribution in [3.05, 3.63) is 42.6 Å². The molecule has 2 aromatic heterocycles. The zero-order valence-corrected chi connectivity index (χ0v) is 14.1. The molecule has 1 atom stereocenters. The maximum absolute atomic E-state index is 13.1. The van der Waals surface area contributed by atoms with Crippen LogP contribution < -0.4 is 5.32 Å². The van der Waals surface area contributed by atoms with E-state index < -0.39 is 0 Å². The highest BCUT2D eigenvalue weighted by molar-refractivity contribution is 8.00. The monoisotopic (exact) mass is 355 g/mol. The first kappa shape index (κ1) is 16.9. The molecule has 2 heterocycles. The molecule has 1 N–H and O–H groups in total. The van der Waals surface area contributed by atoms with Crippen molar-refractivity contribution in [2.75, 3.05) is 6.54 Å². The van der Waals surface area contributed by atoms with E-state index in [1.165, 1.54) is 30.2 Å². The van der Waals surface area contributed by atoms with Crippen molar-refractivity contribution >= 4 is 28.7 Å². The van der Waals surface area contributed by atoms with Crippen LogP contribution in [0.4, 0.5) is 4.39 Å². The molecular weight excluding hydrogens is 341 g/mol. The Kier molecular flexibility index (Phi) is 4.95. The predicted molar refractivity (Wildman–Crippen MR) is 93.8 cm³/mol. The minimum atomic E-state index is -0.374. The molecule has 0 bridgehead atoms. The number of hydrogen-bond donors (Lipinski definition) is 1. The van der Waals surface area contributed by atoms with Crippen molar-refractivity contribution in [1.29, 1.82) is 0 Å². The lowest BCUT2D eigenvalue weighted by atomic mass is 10.3. The summed E-state index contributed by atoms with van der Waals surface area (Å²) in [6.07, 6.45) is 8.19. The number of nitrogens with one attached hydrogen (secondary N) is 1. The molecule has 126 valence electrons. The Labute approximate surface area is 147 Å². The highest BCUT2D eigenvalue weighted by Gasteiger charge is 2.18. The Balaban J connectivity index is 1.90. The van der Waals surface area contributed by atoms with Gasteiger partial charge in [0.15, 0.2) is 5.65 Å². The van der Waals surface area contributed by atoms with Gasteiger partial charge in [-0.3, -0.25) is 4.79 Å². The third-order valence-corrected chi connectivity index (χ3v) is 4.54. The highest BCUT2D eigenvalue weighted by Crippen LogP contribution is 2.28. The van der Waals surface area contributed by atoms with E-state index in [0.29, 0.717) is 21.7 Å². The topological polar surface area (TPSA) is 72.7 Å². The van der Waals surface area contributed by atoms with Gasteiger partial charge in [0, 0.05) is 0 Å². The van der Waals surface area contributed by atoms with Gasteiger partial charge in [0.1, 0.15) is 17.2 Å². The first-order chi connectivity index (χ1) is 12.1. The molecule has 0 saturated heterocycles. The Bertz CT molecular complexity index is 948. The molecule has 0 aliphatic rings. The molecule has 0 aliphatic carbocycles. The lowest BCUT2D eigenvalue weighted by Gasteiger charge is -2.10. The zero-order valence-electron chi connectivity index (χ0n) is 13.3. The van der Waals surface area contributed by atoms with Crippen LogP contribution in [0.15, 0.2) is 41.8 Å². The number of amides is 1. The van der Waals surface area contributed by atoms with Crippen molar-refractivity contribution in [2.24, 2.45) is 0 Å². The number of nitrogens with zero attached hydrogens (tertiary/aromatic N) is 4. The van der Waals surface area contributed by atoms with Gasteiger partial charge in [0.25, 0.3) is 0 Å². The predicted octanol–water partition coefficient (Wildman–Crippen LogP) is 2.18. The van der Waals surface area contributed by atoms with Crippen LogP contribution in [0.2, 0.25) is 0 Å². The van der Waals surface area contributed by atoms with E-state index in [2.05, 4.69) is 26.3 Å². The average molecular weight is 355 g/mol. The fraction of sp³-hybridized carbons (Fsp3) is 0.176. The molecule has 6 nitrogen and oxygen atoms in total. The molecule has 0 fully saturated rings. The first-order valence-corrected chi connectivity index (χ1v) is 8.30. The largest absolute Gasteiger partial charge is 0.344 e. The number of thioether (sulfide) groups is 1. The number of hydrogen-bond acceptors (Lipinski definition) is 5. The standard InChI is InChI=1S/C17H14FN5OS/c1-3-8-19-16(24)11(2)25-17-14-9-22-23(15(14)20-10-21-17)13-6-4-12(18)5-7-13/h1,4-7,9-11H,8H2,2H3,(H,19,24). The zero-order chi connectivity index (χ0) is 17.8. The lowest BCUT2D eigenvalue weighted by molar-refractivity contribution is -0.120. The normalized spacial score (nSPS) is 11.9. The number of benzene rings is 1. The summed E-state index contributed by atoms with van der Waals surface area (Å²) in [5, 5.41) is 7.93. The van der Waals surface area contributed by atoms with Crippen LogP contribution in [0.3, 0.4) is 0 Å².